The monoisotopic (exact) mass is 636 g/mol. The van der Waals surface area contributed by atoms with E-state index in [1.165, 1.54) is 0 Å². The summed E-state index contributed by atoms with van der Waals surface area (Å²) in [7, 11) is -2.52. The zero-order chi connectivity index (χ0) is 24.1. The molecule has 0 aromatic heterocycles. The molecular formula is C26H62NO8PY. The predicted molar refractivity (Wildman–Crippen MR) is 149 cm³/mol. The Hall–Kier alpha value is 0.114. The van der Waals surface area contributed by atoms with Crippen LogP contribution in [0.4, 0.5) is 0 Å². The van der Waals surface area contributed by atoms with Gasteiger partial charge in [0.25, 0.3) is 7.82 Å². The Balaban J connectivity index is -0.000000300. The minimum atomic E-state index is -4.44. The first kappa shape index (κ1) is 53.4. The van der Waals surface area contributed by atoms with Gasteiger partial charge in [-0.25, -0.2) is 0 Å². The molecule has 3 atom stereocenters. The second-order valence-corrected chi connectivity index (χ2v) is 10.2. The number of ether oxygens (including phenoxy) is 2. The van der Waals surface area contributed by atoms with Crippen LogP contribution in [0.3, 0.4) is 0 Å². The van der Waals surface area contributed by atoms with Crippen LogP contribution in [0.5, 0.6) is 0 Å². The van der Waals surface area contributed by atoms with Crippen LogP contribution in [-0.2, 0) is 65.4 Å². The molecule has 0 spiro atoms. The van der Waals surface area contributed by atoms with Gasteiger partial charge in [-0.1, -0.05) is 57.4 Å². The first-order valence-electron chi connectivity index (χ1n) is 11.1. The van der Waals surface area contributed by atoms with Crippen molar-refractivity contribution < 1.29 is 75.2 Å². The molecule has 1 radical (unpaired) electrons. The summed E-state index contributed by atoms with van der Waals surface area (Å²) in [6, 6.07) is 0. The van der Waals surface area contributed by atoms with Gasteiger partial charge < -0.3 is 28.3 Å². The van der Waals surface area contributed by atoms with Crippen molar-refractivity contribution in [2.24, 2.45) is 10.8 Å². The number of phosphoric acid groups is 1. The van der Waals surface area contributed by atoms with Crippen LogP contribution < -0.4 is 9.79 Å². The first-order chi connectivity index (χ1) is 14.3. The quantitative estimate of drug-likeness (QED) is 0.136. The number of quaternary nitrogens is 1. The molecule has 0 amide bonds. The van der Waals surface area contributed by atoms with Gasteiger partial charge in [0.2, 0.25) is 0 Å². The minimum absolute atomic E-state index is 0. The second kappa shape index (κ2) is 26.3. The van der Waals surface area contributed by atoms with Crippen molar-refractivity contribution in [2.75, 3.05) is 46.6 Å². The summed E-state index contributed by atoms with van der Waals surface area (Å²) in [5.41, 5.74) is -1.78. The topological polar surface area (TPSA) is 116 Å². The molecule has 1 N–H and O–H groups in total. The SMILES string of the molecule is C.C.C.C.C.CCCCOC(=O)C(C)(C)CC(C)(CC)C(=O)OCCOP(=O)([O-])OCC[NH+](C)CC.[Y]. The van der Waals surface area contributed by atoms with Crippen molar-refractivity contribution in [1.82, 2.24) is 0 Å². The van der Waals surface area contributed by atoms with Crippen molar-refractivity contribution >= 4 is 19.8 Å². The summed E-state index contributed by atoms with van der Waals surface area (Å²) in [6.07, 6.45) is 2.41. The van der Waals surface area contributed by atoms with Gasteiger partial charge in [-0.3, -0.25) is 14.2 Å². The summed E-state index contributed by atoms with van der Waals surface area (Å²) in [5, 5.41) is 0. The molecule has 0 aliphatic heterocycles. The Morgan fingerprint density at radius 1 is 0.838 bits per heavy atom. The second-order valence-electron chi connectivity index (χ2n) is 8.77. The van der Waals surface area contributed by atoms with Crippen molar-refractivity contribution in [3.05, 3.63) is 0 Å². The molecule has 0 aromatic rings. The Morgan fingerprint density at radius 3 is 1.78 bits per heavy atom. The number of rotatable bonds is 17. The molecule has 0 aromatic carbocycles. The fourth-order valence-electron chi connectivity index (χ4n) is 2.90. The van der Waals surface area contributed by atoms with Gasteiger partial charge >= 0.3 is 11.9 Å². The molecule has 3 unspecified atom stereocenters. The molecule has 0 fully saturated rings. The molecule has 0 saturated heterocycles. The van der Waals surface area contributed by atoms with Crippen LogP contribution in [0.2, 0.25) is 0 Å². The van der Waals surface area contributed by atoms with Crippen molar-refractivity contribution in [2.45, 2.75) is 104 Å². The average molecular weight is 637 g/mol. The molecule has 11 heteroatoms. The Kier molecular flexibility index (Phi) is 38.0. The van der Waals surface area contributed by atoms with Gasteiger partial charge in [0.15, 0.2) is 0 Å². The number of esters is 2. The maximum atomic E-state index is 12.7. The largest absolute Gasteiger partial charge is 0.756 e. The third-order valence-electron chi connectivity index (χ3n) is 5.34. The van der Waals surface area contributed by atoms with Gasteiger partial charge in [-0.15, -0.1) is 0 Å². The van der Waals surface area contributed by atoms with Crippen LogP contribution >= 0.6 is 7.82 Å². The molecule has 0 aliphatic carbocycles. The zero-order valence-corrected chi connectivity index (χ0v) is 24.6. The van der Waals surface area contributed by atoms with E-state index in [1.807, 2.05) is 27.8 Å². The van der Waals surface area contributed by atoms with Crippen molar-refractivity contribution in [3.8, 4) is 0 Å². The number of phosphoric ester groups is 1. The van der Waals surface area contributed by atoms with E-state index in [-0.39, 0.29) is 102 Å². The van der Waals surface area contributed by atoms with E-state index in [1.54, 1.807) is 20.8 Å². The van der Waals surface area contributed by atoms with Gasteiger partial charge in [0.05, 0.1) is 37.6 Å². The predicted octanol–water partition coefficient (Wildman–Crippen LogP) is 4.92. The van der Waals surface area contributed by atoms with E-state index in [2.05, 4.69) is 0 Å². The molecule has 0 rings (SSSR count). The third kappa shape index (κ3) is 22.6. The van der Waals surface area contributed by atoms with Gasteiger partial charge in [0, 0.05) is 32.7 Å². The molecule has 0 aliphatic rings. The average Bonchev–Trinajstić information content (AvgIpc) is 2.70. The van der Waals surface area contributed by atoms with Crippen LogP contribution in [0.15, 0.2) is 0 Å². The van der Waals surface area contributed by atoms with E-state index in [0.29, 0.717) is 19.6 Å². The van der Waals surface area contributed by atoms with Crippen LogP contribution in [0.25, 0.3) is 0 Å². The Bertz CT molecular complexity index is 607. The normalized spacial score (nSPS) is 14.1. The fourth-order valence-corrected chi connectivity index (χ4v) is 3.58. The Labute approximate surface area is 255 Å². The van der Waals surface area contributed by atoms with Crippen LogP contribution in [-0.4, -0.2) is 58.5 Å². The number of nitrogens with one attached hydrogen (secondary N) is 1. The summed E-state index contributed by atoms with van der Waals surface area (Å²) in [4.78, 5) is 37.9. The van der Waals surface area contributed by atoms with E-state index in [9.17, 15) is 19.0 Å². The van der Waals surface area contributed by atoms with E-state index in [0.717, 1.165) is 24.3 Å². The van der Waals surface area contributed by atoms with E-state index in [4.69, 9.17) is 18.5 Å². The molecule has 0 heterocycles. The van der Waals surface area contributed by atoms with Crippen LogP contribution in [0.1, 0.15) is 104 Å². The maximum absolute atomic E-state index is 12.7. The number of hydrogen-bond acceptors (Lipinski definition) is 8. The molecule has 9 nitrogen and oxygen atoms in total. The fraction of sp³-hybridized carbons (Fsp3) is 0.923. The number of carbonyl (C=O) groups excluding carboxylic acids is 2. The number of unbranched alkanes of at least 4 members (excludes halogenated alkanes) is 1. The number of carbonyl (C=O) groups is 2. The smallest absolute Gasteiger partial charge is 0.311 e. The number of hydrogen-bond donors (Lipinski definition) is 1. The van der Waals surface area contributed by atoms with E-state index < -0.39 is 24.6 Å². The summed E-state index contributed by atoms with van der Waals surface area (Å²) < 4.78 is 31.9. The minimum Gasteiger partial charge on any atom is -0.756 e. The molecular weight excluding hydrogens is 574 g/mol. The molecule has 0 bridgehead atoms. The van der Waals surface area contributed by atoms with Crippen LogP contribution in [0, 0.1) is 10.8 Å². The van der Waals surface area contributed by atoms with Gasteiger partial charge in [-0.05, 0) is 47.0 Å². The van der Waals surface area contributed by atoms with Crippen molar-refractivity contribution in [1.29, 1.82) is 0 Å². The summed E-state index contributed by atoms with van der Waals surface area (Å²) >= 11 is 0. The summed E-state index contributed by atoms with van der Waals surface area (Å²) in [5.74, 6) is -0.861. The number of likely N-dealkylation sites (N-methyl/N-ethyl adjacent to an activating group) is 1. The van der Waals surface area contributed by atoms with Gasteiger partial charge in [0.1, 0.15) is 19.8 Å². The molecule has 0 saturated carbocycles. The Morgan fingerprint density at radius 2 is 1.32 bits per heavy atom. The van der Waals surface area contributed by atoms with Crippen molar-refractivity contribution in [3.63, 3.8) is 0 Å². The third-order valence-corrected chi connectivity index (χ3v) is 6.33. The maximum Gasteiger partial charge on any atom is 0.311 e. The zero-order valence-electron chi connectivity index (χ0n) is 20.9. The summed E-state index contributed by atoms with van der Waals surface area (Å²) in [6.45, 7) is 12.3. The van der Waals surface area contributed by atoms with Gasteiger partial charge in [-0.2, -0.15) is 0 Å². The molecule has 227 valence electrons. The first-order valence-corrected chi connectivity index (χ1v) is 12.6. The van der Waals surface area contributed by atoms with E-state index >= 15 is 0 Å². The molecule has 37 heavy (non-hydrogen) atoms. The standard InChI is InChI=1S/C21H42NO8P.5CH4.Y/c1-8-11-13-27-18(23)20(4,5)17-21(6,9-2)19(24)28-15-16-30-31(25,26)29-14-12-22(7)10-3;;;;;;/h8-17H2,1-7H3,(H,25,26);5*1H4;.